The number of nitro groups is 2. The van der Waals surface area contributed by atoms with Crippen LogP contribution in [0.4, 0.5) is 22.7 Å². The van der Waals surface area contributed by atoms with E-state index in [1.807, 2.05) is 0 Å². The average molecular weight is 399 g/mol. The van der Waals surface area contributed by atoms with Crippen molar-refractivity contribution >= 4 is 32.8 Å². The Bertz CT molecular complexity index is 1130. The number of non-ortho nitro benzene ring substituents is 1. The summed E-state index contributed by atoms with van der Waals surface area (Å²) in [6.07, 6.45) is 0. The molecular formula is C18H13N3O6S. The number of rotatable bonds is 6. The van der Waals surface area contributed by atoms with Crippen molar-refractivity contribution in [2.24, 2.45) is 0 Å². The predicted octanol–water partition coefficient (Wildman–Crippen LogP) is 4.03. The Morgan fingerprint density at radius 1 is 0.714 bits per heavy atom. The van der Waals surface area contributed by atoms with Gasteiger partial charge in [-0.1, -0.05) is 30.3 Å². The molecule has 0 aromatic heterocycles. The number of para-hydroxylation sites is 3. The monoisotopic (exact) mass is 399 g/mol. The second-order valence-corrected chi connectivity index (χ2v) is 7.39. The predicted molar refractivity (Wildman–Crippen MR) is 102 cm³/mol. The third kappa shape index (κ3) is 3.53. The quantitative estimate of drug-likeness (QED) is 0.455. The van der Waals surface area contributed by atoms with E-state index in [4.69, 9.17) is 0 Å². The Kier molecular flexibility index (Phi) is 5.05. The van der Waals surface area contributed by atoms with Gasteiger partial charge < -0.3 is 0 Å². The van der Waals surface area contributed by atoms with Gasteiger partial charge in [0, 0.05) is 18.2 Å². The maximum atomic E-state index is 13.3. The molecule has 0 fully saturated rings. The third-order valence-corrected chi connectivity index (χ3v) is 5.63. The third-order valence-electron chi connectivity index (χ3n) is 3.87. The van der Waals surface area contributed by atoms with Gasteiger partial charge in [-0.05, 0) is 30.3 Å². The molecule has 0 spiro atoms. The van der Waals surface area contributed by atoms with Crippen molar-refractivity contribution in [1.82, 2.24) is 0 Å². The number of sulfonamides is 1. The first-order chi connectivity index (χ1) is 13.3. The van der Waals surface area contributed by atoms with Crippen LogP contribution in [0, 0.1) is 20.2 Å². The summed E-state index contributed by atoms with van der Waals surface area (Å²) in [6.45, 7) is 0. The van der Waals surface area contributed by atoms with Gasteiger partial charge in [-0.15, -0.1) is 0 Å². The number of hydrogen-bond acceptors (Lipinski definition) is 6. The molecule has 0 saturated heterocycles. The highest BCUT2D eigenvalue weighted by Gasteiger charge is 2.31. The molecule has 0 unspecified atom stereocenters. The highest BCUT2D eigenvalue weighted by molar-refractivity contribution is 7.93. The Balaban J connectivity index is 2.23. The summed E-state index contributed by atoms with van der Waals surface area (Å²) in [5, 5.41) is 22.3. The summed E-state index contributed by atoms with van der Waals surface area (Å²) >= 11 is 0. The van der Waals surface area contributed by atoms with Gasteiger partial charge >= 0.3 is 0 Å². The second-order valence-electron chi connectivity index (χ2n) is 5.60. The van der Waals surface area contributed by atoms with Crippen LogP contribution in [0.3, 0.4) is 0 Å². The van der Waals surface area contributed by atoms with Gasteiger partial charge in [0.25, 0.3) is 21.4 Å². The number of benzene rings is 3. The fourth-order valence-electron chi connectivity index (χ4n) is 2.61. The first-order valence-electron chi connectivity index (χ1n) is 7.90. The van der Waals surface area contributed by atoms with E-state index in [9.17, 15) is 28.6 Å². The Labute approximate surface area is 159 Å². The number of anilines is 2. The van der Waals surface area contributed by atoms with Gasteiger partial charge in [-0.3, -0.25) is 20.2 Å². The molecule has 0 aliphatic heterocycles. The lowest BCUT2D eigenvalue weighted by molar-refractivity contribution is -0.384. The standard InChI is InChI=1S/C18H13N3O6S/c22-20(23)15-10-12-16(13-11-15)28(26,27)19(14-6-2-1-3-7-14)17-8-4-5-9-18(17)21(24)25/h1-13H. The minimum absolute atomic E-state index is 0.142. The molecule has 142 valence electrons. The summed E-state index contributed by atoms with van der Waals surface area (Å²) in [7, 11) is -4.30. The van der Waals surface area contributed by atoms with Crippen LogP contribution in [0.15, 0.2) is 83.8 Å². The number of hydrogen-bond donors (Lipinski definition) is 0. The number of nitro benzene ring substituents is 2. The summed E-state index contributed by atoms with van der Waals surface area (Å²) in [5.41, 5.74) is -0.611. The summed E-state index contributed by atoms with van der Waals surface area (Å²) < 4.78 is 27.5. The molecule has 0 saturated carbocycles. The van der Waals surface area contributed by atoms with Gasteiger partial charge in [0.2, 0.25) is 0 Å². The van der Waals surface area contributed by atoms with Crippen LogP contribution in [0.1, 0.15) is 0 Å². The molecule has 0 heterocycles. The van der Waals surface area contributed by atoms with Crippen LogP contribution in [0.2, 0.25) is 0 Å². The molecule has 0 N–H and O–H groups in total. The minimum atomic E-state index is -4.30. The lowest BCUT2D eigenvalue weighted by atomic mass is 10.2. The van der Waals surface area contributed by atoms with Crippen LogP contribution in [-0.2, 0) is 10.0 Å². The van der Waals surface area contributed by atoms with Gasteiger partial charge in [0.05, 0.1) is 20.4 Å². The van der Waals surface area contributed by atoms with Gasteiger partial charge in [-0.2, -0.15) is 0 Å². The highest BCUT2D eigenvalue weighted by atomic mass is 32.2. The fourth-order valence-corrected chi connectivity index (χ4v) is 4.11. The topological polar surface area (TPSA) is 124 Å². The second kappa shape index (κ2) is 7.45. The lowest BCUT2D eigenvalue weighted by Gasteiger charge is -2.24. The molecule has 3 rings (SSSR count). The smallest absolute Gasteiger partial charge is 0.258 e. The fraction of sp³-hybridized carbons (Fsp3) is 0. The maximum Gasteiger partial charge on any atom is 0.293 e. The molecular weight excluding hydrogens is 386 g/mol. The van der Waals surface area contributed by atoms with Gasteiger partial charge in [0.15, 0.2) is 0 Å². The van der Waals surface area contributed by atoms with E-state index < -0.39 is 25.6 Å². The summed E-state index contributed by atoms with van der Waals surface area (Å²) in [4.78, 5) is 20.7. The van der Waals surface area contributed by atoms with Gasteiger partial charge in [0.1, 0.15) is 5.69 Å². The Morgan fingerprint density at radius 2 is 1.29 bits per heavy atom. The first kappa shape index (κ1) is 19.0. The zero-order valence-electron chi connectivity index (χ0n) is 14.2. The van der Waals surface area contributed by atoms with Crippen molar-refractivity contribution in [3.05, 3.63) is 99.1 Å². The van der Waals surface area contributed by atoms with Crippen LogP contribution < -0.4 is 4.31 Å². The van der Waals surface area contributed by atoms with Crippen LogP contribution in [0.5, 0.6) is 0 Å². The molecule has 3 aromatic rings. The van der Waals surface area contributed by atoms with E-state index in [0.717, 1.165) is 28.6 Å². The van der Waals surface area contributed by atoms with Crippen molar-refractivity contribution in [2.75, 3.05) is 4.31 Å². The number of nitrogens with zero attached hydrogens (tertiary/aromatic N) is 3. The van der Waals surface area contributed by atoms with Crippen molar-refractivity contribution in [3.63, 3.8) is 0 Å². The zero-order chi connectivity index (χ0) is 20.3. The van der Waals surface area contributed by atoms with E-state index in [2.05, 4.69) is 0 Å². The van der Waals surface area contributed by atoms with Crippen molar-refractivity contribution in [1.29, 1.82) is 0 Å². The summed E-state index contributed by atoms with van der Waals surface area (Å²) in [6, 6.07) is 17.7. The molecule has 0 atom stereocenters. The normalized spacial score (nSPS) is 11.0. The molecule has 9 nitrogen and oxygen atoms in total. The van der Waals surface area contributed by atoms with E-state index in [-0.39, 0.29) is 22.0 Å². The summed E-state index contributed by atoms with van der Waals surface area (Å²) in [5.74, 6) is 0. The molecule has 0 bridgehead atoms. The van der Waals surface area contributed by atoms with E-state index in [1.165, 1.54) is 36.4 Å². The minimum Gasteiger partial charge on any atom is -0.258 e. The van der Waals surface area contributed by atoms with E-state index in [1.54, 1.807) is 18.2 Å². The van der Waals surface area contributed by atoms with E-state index in [0.29, 0.717) is 0 Å². The van der Waals surface area contributed by atoms with Crippen LogP contribution in [0.25, 0.3) is 0 Å². The average Bonchev–Trinajstić information content (AvgIpc) is 2.69. The molecule has 3 aromatic carbocycles. The van der Waals surface area contributed by atoms with Crippen molar-refractivity contribution < 1.29 is 18.3 Å². The Morgan fingerprint density at radius 3 is 1.86 bits per heavy atom. The molecule has 0 radical (unpaired) electrons. The van der Waals surface area contributed by atoms with Crippen molar-refractivity contribution in [3.8, 4) is 0 Å². The Hall–Kier alpha value is -3.79. The lowest BCUT2D eigenvalue weighted by Crippen LogP contribution is -2.27. The molecule has 0 aliphatic rings. The molecule has 0 aliphatic carbocycles. The SMILES string of the molecule is O=[N+]([O-])c1ccc(S(=O)(=O)N(c2ccccc2)c2ccccc2[N+](=O)[O-])cc1. The van der Waals surface area contributed by atoms with E-state index >= 15 is 0 Å². The largest absolute Gasteiger partial charge is 0.293 e. The molecule has 10 heteroatoms. The highest BCUT2D eigenvalue weighted by Crippen LogP contribution is 2.38. The zero-order valence-corrected chi connectivity index (χ0v) is 15.0. The maximum absolute atomic E-state index is 13.3. The van der Waals surface area contributed by atoms with Crippen molar-refractivity contribution in [2.45, 2.75) is 4.90 Å². The molecule has 0 amide bonds. The van der Waals surface area contributed by atoms with Gasteiger partial charge in [-0.25, -0.2) is 12.7 Å². The first-order valence-corrected chi connectivity index (χ1v) is 9.34. The molecule has 28 heavy (non-hydrogen) atoms. The van der Waals surface area contributed by atoms with Crippen LogP contribution >= 0.6 is 0 Å². The van der Waals surface area contributed by atoms with Crippen LogP contribution in [-0.4, -0.2) is 18.3 Å².